The second-order valence-electron chi connectivity index (χ2n) is 0.900. The molecular weight excluding hydrogens is 98.2 g/mol. The highest BCUT2D eigenvalue weighted by molar-refractivity contribution is 7.07. The molecule has 0 unspecified atom stereocenters. The first-order valence-electron chi connectivity index (χ1n) is 1.48. The maximum Gasteiger partial charge on any atom is 0.175 e. The van der Waals surface area contributed by atoms with E-state index in [4.69, 9.17) is 16.2 Å². The third-order valence-electron chi connectivity index (χ3n) is 0.272. The third-order valence-corrected chi connectivity index (χ3v) is 2.45. The van der Waals surface area contributed by atoms with Gasteiger partial charge in [0.2, 0.25) is 0 Å². The van der Waals surface area contributed by atoms with Gasteiger partial charge in [0.1, 0.15) is 9.20 Å². The lowest BCUT2D eigenvalue weighted by Gasteiger charge is -1.88. The molecule has 0 heterocycles. The number of hydrogen-bond acceptors (Lipinski definition) is 3. The molecule has 0 saturated heterocycles. The van der Waals surface area contributed by atoms with Gasteiger partial charge in [0.05, 0.1) is 0 Å². The van der Waals surface area contributed by atoms with E-state index < -0.39 is 17.8 Å². The molecule has 0 bridgehead atoms. The summed E-state index contributed by atoms with van der Waals surface area (Å²) in [5.74, 6) is 0. The van der Waals surface area contributed by atoms with Gasteiger partial charge >= 0.3 is 0 Å². The lowest BCUT2D eigenvalue weighted by molar-refractivity contribution is 1.71. The van der Waals surface area contributed by atoms with E-state index >= 15 is 0 Å². The molecular formula is H9N3Si2. The molecule has 3 nitrogen and oxygen atoms in total. The number of rotatable bonds is 1. The Morgan fingerprint density at radius 2 is 1.60 bits per heavy atom. The molecule has 0 spiro atoms. The van der Waals surface area contributed by atoms with Gasteiger partial charge in [-0.05, 0) is 0 Å². The maximum atomic E-state index is 5.15. The monoisotopic (exact) mass is 107 g/mol. The van der Waals surface area contributed by atoms with Gasteiger partial charge in [-0.2, -0.15) is 0 Å². The Morgan fingerprint density at radius 1 is 1.40 bits per heavy atom. The van der Waals surface area contributed by atoms with Gasteiger partial charge < -0.3 is 16.2 Å². The van der Waals surface area contributed by atoms with Crippen molar-refractivity contribution in [3.8, 4) is 0 Å². The zero-order chi connectivity index (χ0) is 4.28. The van der Waals surface area contributed by atoms with Crippen molar-refractivity contribution < 1.29 is 0 Å². The van der Waals surface area contributed by atoms with Gasteiger partial charge in [0.25, 0.3) is 0 Å². The zero-order valence-electron chi connectivity index (χ0n) is 3.02. The van der Waals surface area contributed by atoms with Crippen molar-refractivity contribution in [1.82, 2.24) is 0 Å². The summed E-state index contributed by atoms with van der Waals surface area (Å²) >= 11 is 0. The number of nitrogens with two attached hydrogens (primary N) is 3. The number of hydrogen-bond donors (Lipinski definition) is 3. The highest BCUT2D eigenvalue weighted by Crippen LogP contribution is 1.29. The van der Waals surface area contributed by atoms with Crippen LogP contribution in [-0.4, -0.2) is 17.8 Å². The van der Waals surface area contributed by atoms with Crippen LogP contribution in [0.25, 0.3) is 0 Å². The van der Waals surface area contributed by atoms with Gasteiger partial charge in [-0.3, -0.25) is 0 Å². The van der Waals surface area contributed by atoms with E-state index in [0.717, 1.165) is 0 Å². The second kappa shape index (κ2) is 2.55. The molecule has 0 atom stereocenters. The van der Waals surface area contributed by atoms with Gasteiger partial charge in [0, 0.05) is 0 Å². The summed E-state index contributed by atoms with van der Waals surface area (Å²) in [5, 5.41) is 15.4. The van der Waals surface area contributed by atoms with Crippen LogP contribution >= 0.6 is 0 Å². The molecule has 0 fully saturated rings. The molecule has 0 aromatic heterocycles. The van der Waals surface area contributed by atoms with E-state index in [9.17, 15) is 0 Å². The fourth-order valence-corrected chi connectivity index (χ4v) is 0. The van der Waals surface area contributed by atoms with Crippen LogP contribution in [0, 0.1) is 0 Å². The Bertz CT molecular complexity index is 18.9. The molecule has 32 valence electrons. The summed E-state index contributed by atoms with van der Waals surface area (Å²) < 4.78 is 0. The predicted molar refractivity (Wildman–Crippen MR) is 28.3 cm³/mol. The average molecular weight is 107 g/mol. The van der Waals surface area contributed by atoms with Gasteiger partial charge in [0.15, 0.2) is 8.64 Å². The summed E-state index contributed by atoms with van der Waals surface area (Å²) in [7, 11) is -1.69. The Labute approximate surface area is 35.0 Å². The largest absolute Gasteiger partial charge is 0.356 e. The minimum atomic E-state index is -1.23. The first kappa shape index (κ1) is 5.31. The molecule has 0 saturated carbocycles. The predicted octanol–water partition coefficient (Wildman–Crippen LogP) is -3.34. The highest BCUT2D eigenvalue weighted by atomic mass is 29.2. The van der Waals surface area contributed by atoms with E-state index in [0.29, 0.717) is 0 Å². The van der Waals surface area contributed by atoms with Crippen molar-refractivity contribution in [3.05, 3.63) is 0 Å². The molecule has 0 aromatic carbocycles. The smallest absolute Gasteiger partial charge is 0.175 e. The molecule has 6 N–H and O–H groups in total. The quantitative estimate of drug-likeness (QED) is 0.307. The van der Waals surface area contributed by atoms with Crippen LogP contribution < -0.4 is 16.2 Å². The first-order valence-corrected chi connectivity index (χ1v) is 6.90. The molecule has 0 aliphatic carbocycles. The summed E-state index contributed by atoms with van der Waals surface area (Å²) in [4.78, 5) is 0. The summed E-state index contributed by atoms with van der Waals surface area (Å²) in [6.07, 6.45) is 0. The third kappa shape index (κ3) is 4.31. The van der Waals surface area contributed by atoms with Crippen molar-refractivity contribution in [2.75, 3.05) is 0 Å². The van der Waals surface area contributed by atoms with Crippen LogP contribution in [0.3, 0.4) is 0 Å². The van der Waals surface area contributed by atoms with Crippen molar-refractivity contribution >= 4 is 17.8 Å². The summed E-state index contributed by atoms with van der Waals surface area (Å²) in [6.45, 7) is 0. The van der Waals surface area contributed by atoms with E-state index in [2.05, 4.69) is 0 Å². The van der Waals surface area contributed by atoms with Crippen molar-refractivity contribution in [2.45, 2.75) is 0 Å². The summed E-state index contributed by atoms with van der Waals surface area (Å²) in [5.41, 5.74) is 0. The molecule has 5 heavy (non-hydrogen) atoms. The highest BCUT2D eigenvalue weighted by Gasteiger charge is 1.86. The Balaban J connectivity index is 2.54. The Hall–Kier alpha value is 0.314. The fourth-order valence-electron chi connectivity index (χ4n) is 0. The zero-order valence-corrected chi connectivity index (χ0v) is 5.59. The molecule has 0 aromatic rings. The lowest BCUT2D eigenvalue weighted by Crippen LogP contribution is -2.47. The van der Waals surface area contributed by atoms with Crippen molar-refractivity contribution in [3.63, 3.8) is 0 Å². The normalized spacial score (nSPS) is 12.0. The molecule has 0 aliphatic rings. The van der Waals surface area contributed by atoms with Crippen molar-refractivity contribution in [1.29, 1.82) is 0 Å². The first-order chi connectivity index (χ1) is 2.27. The van der Waals surface area contributed by atoms with Crippen LogP contribution in [0.1, 0.15) is 0 Å². The minimum absolute atomic E-state index is 0.457. The van der Waals surface area contributed by atoms with Gasteiger partial charge in [-0.25, -0.2) is 0 Å². The van der Waals surface area contributed by atoms with Crippen LogP contribution in [0.2, 0.25) is 0 Å². The Kier molecular flexibility index (Phi) is 2.71. The van der Waals surface area contributed by atoms with E-state index in [1.807, 2.05) is 0 Å². The SMILES string of the molecule is N[SiH2][SiH](N)N. The van der Waals surface area contributed by atoms with E-state index in [1.165, 1.54) is 0 Å². The average Bonchev–Trinajstić information content (AvgIpc) is 1.38. The lowest BCUT2D eigenvalue weighted by atomic mass is 13.9. The van der Waals surface area contributed by atoms with Crippen LogP contribution in [0.5, 0.6) is 0 Å². The molecule has 0 rings (SSSR count). The maximum absolute atomic E-state index is 5.15. The second-order valence-corrected chi connectivity index (χ2v) is 6.94. The van der Waals surface area contributed by atoms with Gasteiger partial charge in [-0.1, -0.05) is 0 Å². The van der Waals surface area contributed by atoms with Crippen LogP contribution in [-0.2, 0) is 0 Å². The summed E-state index contributed by atoms with van der Waals surface area (Å²) in [6, 6.07) is 0. The van der Waals surface area contributed by atoms with Crippen molar-refractivity contribution in [2.24, 2.45) is 16.2 Å². The Morgan fingerprint density at radius 3 is 1.60 bits per heavy atom. The molecule has 0 amide bonds. The fraction of sp³-hybridized carbons (Fsp3) is 0. The topological polar surface area (TPSA) is 78.1 Å². The molecule has 0 aliphatic heterocycles. The van der Waals surface area contributed by atoms with E-state index in [1.54, 1.807) is 0 Å². The van der Waals surface area contributed by atoms with Crippen LogP contribution in [0.4, 0.5) is 0 Å². The molecule has 5 heteroatoms. The standard InChI is InChI=1S/H9N3Si2/c1-4-5(2)3/h5H,1-4H2. The molecule has 0 radical (unpaired) electrons. The van der Waals surface area contributed by atoms with Crippen LogP contribution in [0.15, 0.2) is 0 Å². The van der Waals surface area contributed by atoms with Gasteiger partial charge in [-0.15, -0.1) is 0 Å². The minimum Gasteiger partial charge on any atom is -0.356 e. The van der Waals surface area contributed by atoms with E-state index in [-0.39, 0.29) is 0 Å².